The van der Waals surface area contributed by atoms with Crippen LogP contribution >= 0.6 is 0 Å². The molecule has 128 valence electrons. The van der Waals surface area contributed by atoms with Crippen LogP contribution in [-0.2, 0) is 11.2 Å². The summed E-state index contributed by atoms with van der Waals surface area (Å²) in [7, 11) is 1.73. The largest absolute Gasteiger partial charge is 0.497 e. The molecular formula is C22H28O2. The summed E-state index contributed by atoms with van der Waals surface area (Å²) in [5.41, 5.74) is 2.89. The van der Waals surface area contributed by atoms with Crippen molar-refractivity contribution in [3.05, 3.63) is 42.0 Å². The number of Topliss-reactive ketones (excluding diaryl/α,β-unsaturated/α-hetero) is 1. The van der Waals surface area contributed by atoms with Gasteiger partial charge in [-0.1, -0.05) is 19.1 Å². The second-order valence-corrected chi connectivity index (χ2v) is 7.97. The van der Waals surface area contributed by atoms with Gasteiger partial charge in [0, 0.05) is 11.8 Å². The molecule has 0 amide bonds. The molecule has 5 atom stereocenters. The van der Waals surface area contributed by atoms with E-state index in [2.05, 4.69) is 37.8 Å². The van der Waals surface area contributed by atoms with Crippen molar-refractivity contribution in [2.45, 2.75) is 51.4 Å². The topological polar surface area (TPSA) is 26.3 Å². The first-order chi connectivity index (χ1) is 11.6. The Bertz CT molecular complexity index is 677. The fourth-order valence-corrected chi connectivity index (χ4v) is 6.26. The van der Waals surface area contributed by atoms with Crippen molar-refractivity contribution in [3.63, 3.8) is 0 Å². The Hall–Kier alpha value is -1.57. The summed E-state index contributed by atoms with van der Waals surface area (Å²) in [6, 6.07) is 6.59. The molecule has 0 aliphatic heterocycles. The maximum Gasteiger partial charge on any atom is 0.139 e. The maximum absolute atomic E-state index is 12.7. The monoisotopic (exact) mass is 324 g/mol. The van der Waals surface area contributed by atoms with E-state index in [1.165, 1.54) is 11.1 Å². The van der Waals surface area contributed by atoms with Gasteiger partial charge in [0.2, 0.25) is 0 Å². The second-order valence-electron chi connectivity index (χ2n) is 7.97. The molecule has 3 aliphatic carbocycles. The SMILES string of the molecule is C=CC1Cc2cc(OC)ccc2[C@H]2CCC3(CC)C(=O)CC[C@H]3[C@H]12. The van der Waals surface area contributed by atoms with Crippen LogP contribution in [0.5, 0.6) is 5.75 Å². The van der Waals surface area contributed by atoms with Gasteiger partial charge in [0.15, 0.2) is 0 Å². The summed E-state index contributed by atoms with van der Waals surface area (Å²) in [5, 5.41) is 0. The van der Waals surface area contributed by atoms with Crippen molar-refractivity contribution in [1.29, 1.82) is 0 Å². The highest BCUT2D eigenvalue weighted by Crippen LogP contribution is 2.62. The number of methoxy groups -OCH3 is 1. The predicted octanol–water partition coefficient (Wildman–Crippen LogP) is 4.92. The van der Waals surface area contributed by atoms with E-state index in [1.54, 1.807) is 7.11 Å². The summed E-state index contributed by atoms with van der Waals surface area (Å²) in [4.78, 5) is 12.7. The van der Waals surface area contributed by atoms with Crippen molar-refractivity contribution in [1.82, 2.24) is 0 Å². The Balaban J connectivity index is 1.78. The minimum atomic E-state index is -0.0353. The van der Waals surface area contributed by atoms with Gasteiger partial charge in [0.25, 0.3) is 0 Å². The van der Waals surface area contributed by atoms with Crippen molar-refractivity contribution < 1.29 is 9.53 Å². The molecule has 0 spiro atoms. The minimum Gasteiger partial charge on any atom is -0.497 e. The molecule has 0 saturated heterocycles. The van der Waals surface area contributed by atoms with Crippen LogP contribution in [0.15, 0.2) is 30.9 Å². The Morgan fingerprint density at radius 1 is 1.38 bits per heavy atom. The van der Waals surface area contributed by atoms with Crippen molar-refractivity contribution >= 4 is 5.78 Å². The number of ether oxygens (including phenoxy) is 1. The lowest BCUT2D eigenvalue weighted by molar-refractivity contribution is -0.131. The van der Waals surface area contributed by atoms with Crippen molar-refractivity contribution in [2.24, 2.45) is 23.2 Å². The van der Waals surface area contributed by atoms with E-state index in [9.17, 15) is 4.79 Å². The van der Waals surface area contributed by atoms with Crippen LogP contribution in [0.25, 0.3) is 0 Å². The number of carbonyl (C=O) groups is 1. The predicted molar refractivity (Wildman–Crippen MR) is 96.3 cm³/mol. The van der Waals surface area contributed by atoms with Gasteiger partial charge in [0.05, 0.1) is 7.11 Å². The van der Waals surface area contributed by atoms with Gasteiger partial charge in [-0.05, 0) is 79.0 Å². The first-order valence-corrected chi connectivity index (χ1v) is 9.47. The minimum absolute atomic E-state index is 0.0353. The number of ketones is 1. The van der Waals surface area contributed by atoms with Gasteiger partial charge in [-0.3, -0.25) is 4.79 Å². The van der Waals surface area contributed by atoms with Crippen LogP contribution in [0.2, 0.25) is 0 Å². The molecular weight excluding hydrogens is 296 g/mol. The number of hydrogen-bond donors (Lipinski definition) is 0. The van der Waals surface area contributed by atoms with E-state index < -0.39 is 0 Å². The molecule has 1 aromatic rings. The quantitative estimate of drug-likeness (QED) is 0.738. The number of benzene rings is 1. The van der Waals surface area contributed by atoms with E-state index in [1.807, 2.05) is 0 Å². The molecule has 2 nitrogen and oxygen atoms in total. The van der Waals surface area contributed by atoms with E-state index in [-0.39, 0.29) is 5.41 Å². The first kappa shape index (κ1) is 15.9. The average Bonchev–Trinajstić information content (AvgIpc) is 2.97. The Kier molecular flexibility index (Phi) is 3.82. The molecule has 3 aliphatic rings. The Morgan fingerprint density at radius 2 is 2.21 bits per heavy atom. The summed E-state index contributed by atoms with van der Waals surface area (Å²) in [6.07, 6.45) is 8.31. The third-order valence-corrected chi connectivity index (χ3v) is 7.41. The van der Waals surface area contributed by atoms with Gasteiger partial charge in [-0.15, -0.1) is 6.58 Å². The van der Waals surface area contributed by atoms with Crippen LogP contribution in [0.4, 0.5) is 0 Å². The van der Waals surface area contributed by atoms with Gasteiger partial charge < -0.3 is 4.74 Å². The van der Waals surface area contributed by atoms with E-state index in [0.29, 0.717) is 29.5 Å². The van der Waals surface area contributed by atoms with Gasteiger partial charge in [0.1, 0.15) is 11.5 Å². The first-order valence-electron chi connectivity index (χ1n) is 9.47. The van der Waals surface area contributed by atoms with Crippen LogP contribution < -0.4 is 4.74 Å². The highest BCUT2D eigenvalue weighted by Gasteiger charge is 2.57. The number of carbonyl (C=O) groups excluding carboxylic acids is 1. The zero-order valence-electron chi connectivity index (χ0n) is 14.9. The van der Waals surface area contributed by atoms with Gasteiger partial charge in [-0.25, -0.2) is 0 Å². The number of fused-ring (bicyclic) bond motifs is 5. The molecule has 0 heterocycles. The Morgan fingerprint density at radius 3 is 2.92 bits per heavy atom. The lowest BCUT2D eigenvalue weighted by Crippen LogP contribution is -2.46. The van der Waals surface area contributed by atoms with Gasteiger partial charge in [-0.2, -0.15) is 0 Å². The summed E-state index contributed by atoms with van der Waals surface area (Å²) < 4.78 is 5.43. The normalized spacial score (nSPS) is 37.3. The van der Waals surface area contributed by atoms with Crippen LogP contribution in [0, 0.1) is 23.2 Å². The zero-order valence-corrected chi connectivity index (χ0v) is 14.9. The number of allylic oxidation sites excluding steroid dienone is 1. The Labute approximate surface area is 145 Å². The lowest BCUT2D eigenvalue weighted by Gasteiger charge is -2.52. The van der Waals surface area contributed by atoms with Crippen LogP contribution in [-0.4, -0.2) is 12.9 Å². The molecule has 2 unspecified atom stereocenters. The molecule has 0 aromatic heterocycles. The second kappa shape index (κ2) is 5.75. The number of hydrogen-bond acceptors (Lipinski definition) is 2. The molecule has 0 radical (unpaired) electrons. The van der Waals surface area contributed by atoms with Crippen LogP contribution in [0.1, 0.15) is 56.1 Å². The van der Waals surface area contributed by atoms with E-state index in [0.717, 1.165) is 44.3 Å². The standard InChI is InChI=1S/C22H28O2/c1-4-14-12-15-13-16(24-3)6-7-17(15)18-10-11-22(5-2)19(21(14)18)8-9-20(22)23/h4,6-7,13-14,18-19,21H,1,5,8-12H2,2-3H3/t14?,18-,19+,21-,22?/m1/s1. The highest BCUT2D eigenvalue weighted by atomic mass is 16.5. The molecule has 2 heteroatoms. The summed E-state index contributed by atoms with van der Waals surface area (Å²) >= 11 is 0. The molecule has 2 fully saturated rings. The molecule has 2 saturated carbocycles. The zero-order chi connectivity index (χ0) is 16.9. The molecule has 1 aromatic carbocycles. The lowest BCUT2D eigenvalue weighted by atomic mass is 9.51. The number of rotatable bonds is 3. The fraction of sp³-hybridized carbons (Fsp3) is 0.591. The van der Waals surface area contributed by atoms with Crippen molar-refractivity contribution in [2.75, 3.05) is 7.11 Å². The van der Waals surface area contributed by atoms with E-state index in [4.69, 9.17) is 4.74 Å². The molecule has 0 bridgehead atoms. The van der Waals surface area contributed by atoms with E-state index >= 15 is 0 Å². The fourth-order valence-electron chi connectivity index (χ4n) is 6.26. The third kappa shape index (κ3) is 2.04. The average molecular weight is 324 g/mol. The summed E-state index contributed by atoms with van der Waals surface area (Å²) in [6.45, 7) is 6.38. The molecule has 0 N–H and O–H groups in total. The van der Waals surface area contributed by atoms with Crippen LogP contribution in [0.3, 0.4) is 0 Å². The van der Waals surface area contributed by atoms with Crippen molar-refractivity contribution in [3.8, 4) is 5.75 Å². The van der Waals surface area contributed by atoms with Gasteiger partial charge >= 0.3 is 0 Å². The highest BCUT2D eigenvalue weighted by molar-refractivity contribution is 5.87. The third-order valence-electron chi connectivity index (χ3n) is 7.41. The molecule has 24 heavy (non-hydrogen) atoms. The smallest absolute Gasteiger partial charge is 0.139 e. The maximum atomic E-state index is 12.7. The molecule has 4 rings (SSSR count). The summed E-state index contributed by atoms with van der Waals surface area (Å²) in [5.74, 6) is 3.69.